The molecule has 0 aliphatic carbocycles. The zero-order valence-corrected chi connectivity index (χ0v) is 29.0. The van der Waals surface area contributed by atoms with Crippen molar-refractivity contribution >= 4 is 40.2 Å². The molecule has 254 valence electrons. The second kappa shape index (κ2) is 15.0. The fourth-order valence-electron chi connectivity index (χ4n) is 5.63. The lowest BCUT2D eigenvalue weighted by atomic mass is 10.1. The molecule has 0 aromatic heterocycles. The summed E-state index contributed by atoms with van der Waals surface area (Å²) in [5, 5.41) is 13.7. The van der Waals surface area contributed by atoms with E-state index in [-0.39, 0.29) is 5.56 Å². The topological polar surface area (TPSA) is 140 Å². The van der Waals surface area contributed by atoms with Crippen molar-refractivity contribution in [3.63, 3.8) is 0 Å². The molecule has 48 heavy (non-hydrogen) atoms. The lowest BCUT2D eigenvalue weighted by Crippen LogP contribution is -2.42. The minimum atomic E-state index is -3.59. The predicted octanol–water partition coefficient (Wildman–Crippen LogP) is 2.32. The Balaban J connectivity index is 2.47. The number of carbonyl (C=O) groups excluding carboxylic acids is 2. The van der Waals surface area contributed by atoms with Gasteiger partial charge in [-0.3, -0.25) is 4.79 Å². The zero-order valence-electron chi connectivity index (χ0n) is 28.1. The van der Waals surface area contributed by atoms with Crippen LogP contribution in [0.25, 0.3) is 0 Å². The molecule has 0 atom stereocenters. The number of benzene rings is 4. The number of Topliss-reactive ketones (excluding diaryl/α,β-unsaturated/α-hetero) is 1. The molecule has 0 saturated heterocycles. The van der Waals surface area contributed by atoms with Gasteiger partial charge in [-0.25, -0.2) is 0 Å². The molecule has 0 N–H and O–H groups in total. The highest BCUT2D eigenvalue weighted by molar-refractivity contribution is 8.02. The van der Waals surface area contributed by atoms with Gasteiger partial charge in [0.1, 0.15) is 28.5 Å². The summed E-state index contributed by atoms with van der Waals surface area (Å²) < 4.78 is 53.4. The van der Waals surface area contributed by atoms with Crippen LogP contribution in [0.1, 0.15) is 10.4 Å². The van der Waals surface area contributed by atoms with Crippen molar-refractivity contribution in [2.24, 2.45) is 0 Å². The molecule has 4 aromatic rings. The maximum atomic E-state index is 12.5. The third-order valence-corrected chi connectivity index (χ3v) is 12.2. The van der Waals surface area contributed by atoms with Crippen LogP contribution in [-0.2, 0) is 4.79 Å². The van der Waals surface area contributed by atoms with E-state index in [1.54, 1.807) is 48.5 Å². The fraction of sp³-hybridized carbons (Fsp3) is 0.257. The van der Waals surface area contributed by atoms with Gasteiger partial charge in [0.05, 0.1) is 64.0 Å². The third-order valence-electron chi connectivity index (χ3n) is 7.78. The van der Waals surface area contributed by atoms with E-state index >= 15 is 0 Å². The van der Waals surface area contributed by atoms with Crippen LogP contribution in [0, 0.1) is 0 Å². The Morgan fingerprint density at radius 1 is 0.458 bits per heavy atom. The maximum absolute atomic E-state index is 12.5. The Hall–Kier alpha value is -5.35. The average molecular weight is 681 g/mol. The van der Waals surface area contributed by atoms with E-state index in [1.165, 1.54) is 76.1 Å². The molecule has 0 bridgehead atoms. The van der Waals surface area contributed by atoms with E-state index in [2.05, 4.69) is 0 Å². The van der Waals surface area contributed by atoms with Crippen molar-refractivity contribution in [2.45, 2.75) is 0 Å². The van der Waals surface area contributed by atoms with Crippen LogP contribution in [0.3, 0.4) is 0 Å². The van der Waals surface area contributed by atoms with Gasteiger partial charge in [-0.05, 0) is 24.3 Å². The predicted molar refractivity (Wildman–Crippen MR) is 180 cm³/mol. The number of carboxylic acids is 1. The number of carboxylic acid groups (broad SMARTS) is 1. The Morgan fingerprint density at radius 3 is 0.938 bits per heavy atom. The van der Waals surface area contributed by atoms with E-state index in [0.29, 0.717) is 73.0 Å². The number of aliphatic carboxylic acids is 1. The number of methoxy groups -OCH3 is 9. The van der Waals surface area contributed by atoms with Crippen molar-refractivity contribution < 1.29 is 57.3 Å². The van der Waals surface area contributed by atoms with Crippen LogP contribution in [0.4, 0.5) is 0 Å². The Kier molecular flexibility index (Phi) is 11.1. The van der Waals surface area contributed by atoms with Gasteiger partial charge in [0.15, 0.2) is 57.7 Å². The molecule has 0 saturated carbocycles. The summed E-state index contributed by atoms with van der Waals surface area (Å²) in [5.74, 6) is 0.465. The molecule has 0 spiro atoms. The highest BCUT2D eigenvalue weighted by atomic mass is 31.2. The first kappa shape index (κ1) is 35.5. The number of carbonyl (C=O) groups is 2. The molecular formula is C35H37O12P. The molecule has 4 rings (SSSR count). The van der Waals surface area contributed by atoms with E-state index in [1.807, 2.05) is 0 Å². The first-order chi connectivity index (χ1) is 23.1. The van der Waals surface area contributed by atoms with Gasteiger partial charge in [-0.15, -0.1) is 0 Å². The molecule has 12 nitrogen and oxygen atoms in total. The number of hydrogen-bond donors (Lipinski definition) is 0. The molecule has 0 aliphatic heterocycles. The zero-order chi connectivity index (χ0) is 35.2. The van der Waals surface area contributed by atoms with E-state index in [4.69, 9.17) is 42.6 Å². The Labute approximate surface area is 279 Å². The van der Waals surface area contributed by atoms with Crippen molar-refractivity contribution in [2.75, 3.05) is 64.0 Å². The molecule has 4 aromatic carbocycles. The van der Waals surface area contributed by atoms with Crippen molar-refractivity contribution in [1.29, 1.82) is 0 Å². The summed E-state index contributed by atoms with van der Waals surface area (Å²) in [7, 11) is 10.1. The monoisotopic (exact) mass is 680 g/mol. The molecule has 0 fully saturated rings. The number of rotatable bonds is 15. The van der Waals surface area contributed by atoms with Gasteiger partial charge in [0.2, 0.25) is 5.78 Å². The largest absolute Gasteiger partial charge is 0.541 e. The van der Waals surface area contributed by atoms with Crippen LogP contribution < -0.4 is 69.0 Å². The van der Waals surface area contributed by atoms with Gasteiger partial charge in [0, 0.05) is 42.0 Å². The summed E-state index contributed by atoms with van der Waals surface area (Å²) >= 11 is 0. The van der Waals surface area contributed by atoms with Crippen molar-refractivity contribution in [3.05, 3.63) is 66.2 Å². The van der Waals surface area contributed by atoms with Gasteiger partial charge in [-0.2, -0.15) is 0 Å². The normalized spacial score (nSPS) is 10.9. The van der Waals surface area contributed by atoms with Crippen LogP contribution in [0.15, 0.2) is 60.7 Å². The molecule has 0 heterocycles. The number of ketones is 1. The first-order valence-corrected chi connectivity index (χ1v) is 16.1. The Bertz CT molecular complexity index is 1570. The minimum absolute atomic E-state index is 0.0900. The van der Waals surface area contributed by atoms with Gasteiger partial charge in [0.25, 0.3) is 0 Å². The average Bonchev–Trinajstić information content (AvgIpc) is 3.14. The quantitative estimate of drug-likeness (QED) is 0.103. The first-order valence-electron chi connectivity index (χ1n) is 14.3. The van der Waals surface area contributed by atoms with Crippen LogP contribution >= 0.6 is 7.26 Å². The summed E-state index contributed by atoms with van der Waals surface area (Å²) in [6.45, 7) is 0. The highest BCUT2D eigenvalue weighted by Crippen LogP contribution is 2.65. The molecule has 0 amide bonds. The smallest absolute Gasteiger partial charge is 0.208 e. The lowest BCUT2D eigenvalue weighted by Gasteiger charge is -2.33. The summed E-state index contributed by atoms with van der Waals surface area (Å²) in [6, 6.07) is 16.4. The molecular weight excluding hydrogens is 643 g/mol. The number of hydrogen-bond acceptors (Lipinski definition) is 12. The van der Waals surface area contributed by atoms with Crippen LogP contribution in [0.2, 0.25) is 0 Å². The Morgan fingerprint density at radius 2 is 0.729 bits per heavy atom. The second-order valence-corrected chi connectivity index (χ2v) is 13.2. The maximum Gasteiger partial charge on any atom is 0.208 e. The van der Waals surface area contributed by atoms with Gasteiger partial charge >= 0.3 is 0 Å². The lowest BCUT2D eigenvalue weighted by molar-refractivity contribution is -0.296. The minimum Gasteiger partial charge on any atom is -0.541 e. The second-order valence-electron chi connectivity index (χ2n) is 9.98. The summed E-state index contributed by atoms with van der Waals surface area (Å²) in [5.41, 5.74) is -0.0900. The number of ether oxygens (including phenoxy) is 9. The fourth-order valence-corrected chi connectivity index (χ4v) is 10.6. The molecule has 0 radical (unpaired) electrons. The third kappa shape index (κ3) is 6.06. The van der Waals surface area contributed by atoms with E-state index < -0.39 is 19.0 Å². The highest BCUT2D eigenvalue weighted by Gasteiger charge is 2.60. The summed E-state index contributed by atoms with van der Waals surface area (Å²) in [4.78, 5) is 24.1. The molecule has 0 unspecified atom stereocenters. The summed E-state index contributed by atoms with van der Waals surface area (Å²) in [6.07, 6.45) is 0. The van der Waals surface area contributed by atoms with Crippen LogP contribution in [0.5, 0.6) is 51.7 Å². The van der Waals surface area contributed by atoms with Crippen molar-refractivity contribution in [1.82, 2.24) is 0 Å². The SMILES string of the molecule is COc1cc(OC)c([P+](c2ccc(C(=O)C(=O)[O-])cc2)(c2c(OC)cc(OC)cc2OC)c2c(OC)cc(OC)cc2OC)c(OC)c1. The standard InChI is InChI=1S/C35H37O12P/c1-39-21-14-25(42-4)32(26(15-21)43-5)48(24-12-10-20(11-13-24)31(36)35(37)38,33-27(44-6)16-22(40-2)17-28(33)45-7)34-29(46-8)18-23(41-3)19-30(34)47-9/h10-19H,1-9H3. The molecule has 0 aliphatic rings. The van der Waals surface area contributed by atoms with Gasteiger partial charge < -0.3 is 52.5 Å². The van der Waals surface area contributed by atoms with E-state index in [9.17, 15) is 14.7 Å². The van der Waals surface area contributed by atoms with Gasteiger partial charge in [-0.1, -0.05) is 0 Å². The van der Waals surface area contributed by atoms with Crippen LogP contribution in [-0.4, -0.2) is 75.7 Å². The van der Waals surface area contributed by atoms with Crippen molar-refractivity contribution in [3.8, 4) is 51.7 Å². The molecule has 13 heteroatoms. The van der Waals surface area contributed by atoms with E-state index in [0.717, 1.165) is 0 Å².